The van der Waals surface area contributed by atoms with Crippen LogP contribution in [0.1, 0.15) is 56.5 Å². The van der Waals surface area contributed by atoms with Crippen molar-refractivity contribution < 1.29 is 4.79 Å². The summed E-state index contributed by atoms with van der Waals surface area (Å²) < 4.78 is 0. The molecule has 1 heterocycles. The number of benzene rings is 1. The molecule has 2 N–H and O–H groups in total. The quantitative estimate of drug-likeness (QED) is 0.391. The molecule has 0 aromatic heterocycles. The Morgan fingerprint density at radius 1 is 1.38 bits per heavy atom. The van der Waals surface area contributed by atoms with Gasteiger partial charge in [0, 0.05) is 38.3 Å². The highest BCUT2D eigenvalue weighted by molar-refractivity contribution is 14.0. The molecule has 26 heavy (non-hydrogen) atoms. The second kappa shape index (κ2) is 10.1. The van der Waals surface area contributed by atoms with Gasteiger partial charge in [0.1, 0.15) is 0 Å². The van der Waals surface area contributed by atoms with E-state index in [9.17, 15) is 4.79 Å². The van der Waals surface area contributed by atoms with Crippen LogP contribution in [-0.4, -0.2) is 42.9 Å². The molecular weight excluding hydrogens is 439 g/mol. The first kappa shape index (κ1) is 22.7. The number of rotatable bonds is 5. The van der Waals surface area contributed by atoms with Crippen LogP contribution in [0.4, 0.5) is 0 Å². The lowest BCUT2D eigenvalue weighted by Crippen LogP contribution is -2.40. The van der Waals surface area contributed by atoms with Gasteiger partial charge in [-0.2, -0.15) is 0 Å². The summed E-state index contributed by atoms with van der Waals surface area (Å²) in [5.74, 6) is 0.918. The molecule has 146 valence electrons. The van der Waals surface area contributed by atoms with Gasteiger partial charge in [0.05, 0.1) is 0 Å². The minimum atomic E-state index is -0.0122. The van der Waals surface area contributed by atoms with E-state index in [0.29, 0.717) is 17.5 Å². The lowest BCUT2D eigenvalue weighted by molar-refractivity contribution is 0.0939. The Bertz CT molecular complexity index is 630. The maximum Gasteiger partial charge on any atom is 0.251 e. The van der Waals surface area contributed by atoms with Crippen LogP contribution >= 0.6 is 24.0 Å². The maximum atomic E-state index is 12.3. The minimum Gasteiger partial charge on any atom is -0.352 e. The molecule has 2 rings (SSSR count). The van der Waals surface area contributed by atoms with E-state index in [2.05, 4.69) is 41.3 Å². The molecular formula is C20H33IN4O. The molecule has 1 aliphatic rings. The summed E-state index contributed by atoms with van der Waals surface area (Å²) in [5.41, 5.74) is 2.12. The Hall–Kier alpha value is -1.31. The fourth-order valence-corrected chi connectivity index (χ4v) is 3.04. The standard InChI is InChI=1S/C20H32N4O.HI/c1-6-15(2)23-18(25)17-9-7-8-16(12-17)13-22-19(21-5)24-11-10-20(3,4)14-24;/h7-9,12,15H,6,10-11,13-14H2,1-5H3,(H,21,22)(H,23,25);1H. The Labute approximate surface area is 175 Å². The Kier molecular flexibility index (Phi) is 8.86. The molecule has 1 fully saturated rings. The number of halogens is 1. The zero-order valence-corrected chi connectivity index (χ0v) is 19.0. The minimum absolute atomic E-state index is 0. The largest absolute Gasteiger partial charge is 0.352 e. The van der Waals surface area contributed by atoms with Gasteiger partial charge in [0.15, 0.2) is 5.96 Å². The van der Waals surface area contributed by atoms with Gasteiger partial charge in [-0.15, -0.1) is 24.0 Å². The smallest absolute Gasteiger partial charge is 0.251 e. The van der Waals surface area contributed by atoms with E-state index in [-0.39, 0.29) is 35.9 Å². The highest BCUT2D eigenvalue weighted by Crippen LogP contribution is 2.28. The third kappa shape index (κ3) is 6.45. The van der Waals surface area contributed by atoms with Crippen LogP contribution in [0.15, 0.2) is 29.3 Å². The summed E-state index contributed by atoms with van der Waals surface area (Å²) in [4.78, 5) is 19.0. The zero-order valence-electron chi connectivity index (χ0n) is 16.6. The molecule has 0 aliphatic carbocycles. The van der Waals surface area contributed by atoms with Crippen LogP contribution in [0.2, 0.25) is 0 Å². The highest BCUT2D eigenvalue weighted by Gasteiger charge is 2.30. The van der Waals surface area contributed by atoms with Gasteiger partial charge in [-0.25, -0.2) is 0 Å². The van der Waals surface area contributed by atoms with Crippen LogP contribution in [0.25, 0.3) is 0 Å². The topological polar surface area (TPSA) is 56.7 Å². The number of carbonyl (C=O) groups is 1. The Balaban J connectivity index is 0.00000338. The maximum absolute atomic E-state index is 12.3. The van der Waals surface area contributed by atoms with Crippen LogP contribution in [0.3, 0.4) is 0 Å². The van der Waals surface area contributed by atoms with Crippen molar-refractivity contribution >= 4 is 35.8 Å². The van der Waals surface area contributed by atoms with Crippen LogP contribution in [-0.2, 0) is 6.54 Å². The van der Waals surface area contributed by atoms with E-state index in [1.807, 2.05) is 38.2 Å². The van der Waals surface area contributed by atoms with Crippen LogP contribution in [0, 0.1) is 5.41 Å². The number of likely N-dealkylation sites (tertiary alicyclic amines) is 1. The number of aliphatic imine (C=N–C) groups is 1. The first-order valence-corrected chi connectivity index (χ1v) is 9.20. The van der Waals surface area contributed by atoms with Gasteiger partial charge < -0.3 is 15.5 Å². The summed E-state index contributed by atoms with van der Waals surface area (Å²) in [6, 6.07) is 7.97. The van der Waals surface area contributed by atoms with E-state index < -0.39 is 0 Å². The van der Waals surface area contributed by atoms with Crippen LogP contribution < -0.4 is 10.6 Å². The lowest BCUT2D eigenvalue weighted by Gasteiger charge is -2.23. The number of amides is 1. The van der Waals surface area contributed by atoms with Crippen molar-refractivity contribution in [2.75, 3.05) is 20.1 Å². The van der Waals surface area contributed by atoms with Gasteiger partial charge in [0.25, 0.3) is 5.91 Å². The molecule has 1 unspecified atom stereocenters. The molecule has 6 heteroatoms. The van der Waals surface area contributed by atoms with Crippen molar-refractivity contribution in [3.05, 3.63) is 35.4 Å². The lowest BCUT2D eigenvalue weighted by atomic mass is 9.93. The fraction of sp³-hybridized carbons (Fsp3) is 0.600. The summed E-state index contributed by atoms with van der Waals surface area (Å²) in [5, 5.41) is 6.44. The van der Waals surface area contributed by atoms with E-state index in [4.69, 9.17) is 0 Å². The normalized spacial score (nSPS) is 17.4. The predicted molar refractivity (Wildman–Crippen MR) is 119 cm³/mol. The van der Waals surface area contributed by atoms with E-state index in [0.717, 1.165) is 31.0 Å². The van der Waals surface area contributed by atoms with Crippen molar-refractivity contribution in [2.45, 2.75) is 53.1 Å². The number of carbonyl (C=O) groups excluding carboxylic acids is 1. The molecule has 1 aromatic rings. The monoisotopic (exact) mass is 472 g/mol. The summed E-state index contributed by atoms with van der Waals surface area (Å²) in [6.45, 7) is 11.4. The molecule has 1 amide bonds. The summed E-state index contributed by atoms with van der Waals surface area (Å²) in [6.07, 6.45) is 2.11. The van der Waals surface area contributed by atoms with E-state index in [1.54, 1.807) is 0 Å². The number of nitrogens with one attached hydrogen (secondary N) is 2. The third-order valence-corrected chi connectivity index (χ3v) is 4.82. The van der Waals surface area contributed by atoms with Gasteiger partial charge >= 0.3 is 0 Å². The molecule has 1 aliphatic heterocycles. The molecule has 0 radical (unpaired) electrons. The van der Waals surface area contributed by atoms with Gasteiger partial charge in [-0.1, -0.05) is 32.9 Å². The predicted octanol–water partition coefficient (Wildman–Crippen LogP) is 3.64. The SMILES string of the molecule is CCC(C)NC(=O)c1cccc(CNC(=NC)N2CCC(C)(C)C2)c1.I. The molecule has 1 aromatic carbocycles. The number of hydrogen-bond donors (Lipinski definition) is 2. The molecule has 0 bridgehead atoms. The Morgan fingerprint density at radius 3 is 2.69 bits per heavy atom. The second-order valence-electron chi connectivity index (χ2n) is 7.72. The summed E-state index contributed by atoms with van der Waals surface area (Å²) in [7, 11) is 1.82. The van der Waals surface area contributed by atoms with E-state index >= 15 is 0 Å². The average molecular weight is 472 g/mol. The molecule has 0 spiro atoms. The first-order valence-electron chi connectivity index (χ1n) is 9.20. The molecule has 1 saturated heterocycles. The van der Waals surface area contributed by atoms with Gasteiger partial charge in [-0.3, -0.25) is 9.79 Å². The van der Waals surface area contributed by atoms with Crippen molar-refractivity contribution in [3.8, 4) is 0 Å². The fourth-order valence-electron chi connectivity index (χ4n) is 3.04. The van der Waals surface area contributed by atoms with E-state index in [1.165, 1.54) is 6.42 Å². The third-order valence-electron chi connectivity index (χ3n) is 4.82. The van der Waals surface area contributed by atoms with Gasteiger partial charge in [0.2, 0.25) is 0 Å². The zero-order chi connectivity index (χ0) is 18.4. The second-order valence-corrected chi connectivity index (χ2v) is 7.72. The molecule has 0 saturated carbocycles. The molecule has 1 atom stereocenters. The van der Waals surface area contributed by atoms with Crippen LogP contribution in [0.5, 0.6) is 0 Å². The van der Waals surface area contributed by atoms with Gasteiger partial charge in [-0.05, 0) is 42.9 Å². The number of hydrogen-bond acceptors (Lipinski definition) is 2. The van der Waals surface area contributed by atoms with Crippen molar-refractivity contribution in [3.63, 3.8) is 0 Å². The van der Waals surface area contributed by atoms with Crippen molar-refractivity contribution in [1.82, 2.24) is 15.5 Å². The van der Waals surface area contributed by atoms with Crippen molar-refractivity contribution in [2.24, 2.45) is 10.4 Å². The summed E-state index contributed by atoms with van der Waals surface area (Å²) >= 11 is 0. The highest BCUT2D eigenvalue weighted by atomic mass is 127. The Morgan fingerprint density at radius 2 is 2.12 bits per heavy atom. The number of nitrogens with zero attached hydrogens (tertiary/aromatic N) is 2. The van der Waals surface area contributed by atoms with Crippen molar-refractivity contribution in [1.29, 1.82) is 0 Å². The number of guanidine groups is 1. The molecule has 5 nitrogen and oxygen atoms in total. The first-order chi connectivity index (χ1) is 11.8. The average Bonchev–Trinajstić information content (AvgIpc) is 2.95.